The molecular formula is C15H17Cl2N5S. The van der Waals surface area contributed by atoms with Gasteiger partial charge in [-0.2, -0.15) is 0 Å². The fourth-order valence-corrected chi connectivity index (χ4v) is 3.52. The molecule has 1 aromatic carbocycles. The van der Waals surface area contributed by atoms with Gasteiger partial charge in [0, 0.05) is 16.0 Å². The SMILES string of the molecule is CC[C@H](C)[C@H](N)c1nnc2n1NC(c1ccc(Cl)cc1Cl)=CS2. The van der Waals surface area contributed by atoms with Gasteiger partial charge in [0.15, 0.2) is 5.82 Å². The van der Waals surface area contributed by atoms with E-state index < -0.39 is 0 Å². The number of aromatic nitrogens is 3. The molecule has 0 saturated carbocycles. The molecular weight excluding hydrogens is 353 g/mol. The zero-order valence-electron chi connectivity index (χ0n) is 12.8. The summed E-state index contributed by atoms with van der Waals surface area (Å²) >= 11 is 13.7. The highest BCUT2D eigenvalue weighted by molar-refractivity contribution is 8.02. The largest absolute Gasteiger partial charge is 0.321 e. The minimum absolute atomic E-state index is 0.186. The first-order valence-electron chi connectivity index (χ1n) is 7.31. The molecule has 5 nitrogen and oxygen atoms in total. The van der Waals surface area contributed by atoms with Crippen LogP contribution in [0.3, 0.4) is 0 Å². The number of nitrogens with two attached hydrogens (primary N) is 1. The van der Waals surface area contributed by atoms with Crippen LogP contribution in [0.4, 0.5) is 0 Å². The molecule has 23 heavy (non-hydrogen) atoms. The van der Waals surface area contributed by atoms with Crippen molar-refractivity contribution in [3.8, 4) is 0 Å². The fourth-order valence-electron chi connectivity index (χ4n) is 2.28. The lowest BCUT2D eigenvalue weighted by molar-refractivity contribution is 0.429. The summed E-state index contributed by atoms with van der Waals surface area (Å²) in [6, 6.07) is 5.23. The molecule has 0 amide bonds. The van der Waals surface area contributed by atoms with Crippen LogP contribution in [0.1, 0.15) is 37.7 Å². The van der Waals surface area contributed by atoms with Gasteiger partial charge in [-0.3, -0.25) is 5.43 Å². The smallest absolute Gasteiger partial charge is 0.214 e. The molecule has 1 aromatic heterocycles. The maximum absolute atomic E-state index is 6.32. The number of fused-ring (bicyclic) bond motifs is 1. The molecule has 122 valence electrons. The average Bonchev–Trinajstić information content (AvgIpc) is 2.96. The van der Waals surface area contributed by atoms with Gasteiger partial charge in [0.05, 0.1) is 16.8 Å². The van der Waals surface area contributed by atoms with Crippen molar-refractivity contribution in [2.75, 3.05) is 5.43 Å². The van der Waals surface area contributed by atoms with Gasteiger partial charge in [-0.05, 0) is 24.1 Å². The highest BCUT2D eigenvalue weighted by atomic mass is 35.5. The van der Waals surface area contributed by atoms with Crippen molar-refractivity contribution in [3.05, 3.63) is 45.0 Å². The normalized spacial score (nSPS) is 16.3. The number of nitrogens with one attached hydrogen (secondary N) is 1. The molecule has 0 saturated heterocycles. The fraction of sp³-hybridized carbons (Fsp3) is 0.333. The monoisotopic (exact) mass is 369 g/mol. The lowest BCUT2D eigenvalue weighted by Gasteiger charge is -2.23. The van der Waals surface area contributed by atoms with Crippen LogP contribution >= 0.6 is 35.0 Å². The first-order chi connectivity index (χ1) is 11.0. The average molecular weight is 370 g/mol. The van der Waals surface area contributed by atoms with E-state index in [-0.39, 0.29) is 6.04 Å². The second-order valence-electron chi connectivity index (χ2n) is 5.47. The van der Waals surface area contributed by atoms with E-state index in [4.69, 9.17) is 28.9 Å². The first kappa shape index (κ1) is 16.6. The van der Waals surface area contributed by atoms with E-state index in [9.17, 15) is 0 Å². The van der Waals surface area contributed by atoms with Crippen LogP contribution in [0.15, 0.2) is 28.8 Å². The molecule has 0 spiro atoms. The van der Waals surface area contributed by atoms with Crippen molar-refractivity contribution in [2.24, 2.45) is 11.7 Å². The van der Waals surface area contributed by atoms with Crippen molar-refractivity contribution in [3.63, 3.8) is 0 Å². The van der Waals surface area contributed by atoms with Gasteiger partial charge in [-0.25, -0.2) is 4.68 Å². The van der Waals surface area contributed by atoms with Gasteiger partial charge in [-0.15, -0.1) is 10.2 Å². The molecule has 2 aromatic rings. The maximum Gasteiger partial charge on any atom is 0.214 e. The minimum Gasteiger partial charge on any atom is -0.321 e. The van der Waals surface area contributed by atoms with E-state index in [1.54, 1.807) is 6.07 Å². The Morgan fingerprint density at radius 2 is 2.13 bits per heavy atom. The third-order valence-corrected chi connectivity index (χ3v) is 5.33. The van der Waals surface area contributed by atoms with Crippen LogP contribution in [0.5, 0.6) is 0 Å². The molecule has 0 aliphatic carbocycles. The zero-order chi connectivity index (χ0) is 16.6. The third kappa shape index (κ3) is 3.21. The van der Waals surface area contributed by atoms with Crippen LogP contribution in [0.2, 0.25) is 10.0 Å². The Hall–Kier alpha value is -1.21. The number of thioether (sulfide) groups is 1. The molecule has 2 heterocycles. The summed E-state index contributed by atoms with van der Waals surface area (Å²) in [6.07, 6.45) is 0.974. The first-order valence-corrected chi connectivity index (χ1v) is 8.95. The predicted octanol–water partition coefficient (Wildman–Crippen LogP) is 4.28. The van der Waals surface area contributed by atoms with Crippen molar-refractivity contribution in [2.45, 2.75) is 31.5 Å². The molecule has 0 unspecified atom stereocenters. The third-order valence-electron chi connectivity index (χ3n) is 3.95. The zero-order valence-corrected chi connectivity index (χ0v) is 15.1. The van der Waals surface area contributed by atoms with Crippen LogP contribution in [0, 0.1) is 5.92 Å². The van der Waals surface area contributed by atoms with Gasteiger partial charge in [0.25, 0.3) is 0 Å². The van der Waals surface area contributed by atoms with E-state index >= 15 is 0 Å². The summed E-state index contributed by atoms with van der Waals surface area (Å²) in [5.74, 6) is 1.03. The minimum atomic E-state index is -0.186. The van der Waals surface area contributed by atoms with Crippen molar-refractivity contribution in [1.29, 1.82) is 0 Å². The lowest BCUT2D eigenvalue weighted by atomic mass is 10.00. The Morgan fingerprint density at radius 1 is 1.35 bits per heavy atom. The Balaban J connectivity index is 1.92. The Kier molecular flexibility index (Phi) is 4.87. The summed E-state index contributed by atoms with van der Waals surface area (Å²) in [5, 5.41) is 12.3. The summed E-state index contributed by atoms with van der Waals surface area (Å²) in [4.78, 5) is 0. The number of hydrogen-bond donors (Lipinski definition) is 2. The summed E-state index contributed by atoms with van der Waals surface area (Å²) < 4.78 is 1.84. The van der Waals surface area contributed by atoms with Gasteiger partial charge in [0.1, 0.15) is 0 Å². The second kappa shape index (κ2) is 6.73. The van der Waals surface area contributed by atoms with Gasteiger partial charge >= 0.3 is 0 Å². The Labute approximate surface area is 149 Å². The number of nitrogens with zero attached hydrogens (tertiary/aromatic N) is 3. The Morgan fingerprint density at radius 3 is 2.83 bits per heavy atom. The van der Waals surface area contributed by atoms with Gasteiger partial charge < -0.3 is 5.73 Å². The molecule has 1 aliphatic heterocycles. The summed E-state index contributed by atoms with van der Waals surface area (Å²) in [5.41, 5.74) is 11.4. The summed E-state index contributed by atoms with van der Waals surface area (Å²) in [6.45, 7) is 4.22. The van der Waals surface area contributed by atoms with Gasteiger partial charge in [-0.1, -0.05) is 55.2 Å². The number of hydrogen-bond acceptors (Lipinski definition) is 5. The van der Waals surface area contributed by atoms with E-state index in [1.165, 1.54) is 11.8 Å². The van der Waals surface area contributed by atoms with Crippen LogP contribution in [-0.4, -0.2) is 14.9 Å². The number of benzene rings is 1. The molecule has 1 aliphatic rings. The quantitative estimate of drug-likeness (QED) is 0.841. The standard InChI is InChI=1S/C15H17Cl2N5S/c1-3-8(2)13(18)14-19-20-15-22(14)21-12(7-23-15)10-5-4-9(16)6-11(10)17/h4-8,13,21H,3,18H2,1-2H3/t8-,13-/m0/s1. The molecule has 0 bridgehead atoms. The van der Waals surface area contributed by atoms with Crippen molar-refractivity contribution in [1.82, 2.24) is 14.9 Å². The van der Waals surface area contributed by atoms with Crippen molar-refractivity contribution >= 4 is 40.7 Å². The van der Waals surface area contributed by atoms with E-state index in [0.717, 1.165) is 28.7 Å². The van der Waals surface area contributed by atoms with Gasteiger partial charge in [0.2, 0.25) is 5.16 Å². The topological polar surface area (TPSA) is 68.8 Å². The highest BCUT2D eigenvalue weighted by Crippen LogP contribution is 2.34. The molecule has 2 atom stereocenters. The Bertz CT molecular complexity index is 758. The van der Waals surface area contributed by atoms with E-state index in [0.29, 0.717) is 16.0 Å². The summed E-state index contributed by atoms with van der Waals surface area (Å²) in [7, 11) is 0. The van der Waals surface area contributed by atoms with Crippen molar-refractivity contribution < 1.29 is 0 Å². The van der Waals surface area contributed by atoms with Crippen LogP contribution < -0.4 is 11.2 Å². The van der Waals surface area contributed by atoms with Crippen LogP contribution in [-0.2, 0) is 0 Å². The maximum atomic E-state index is 6.32. The van der Waals surface area contributed by atoms with E-state index in [2.05, 4.69) is 29.5 Å². The highest BCUT2D eigenvalue weighted by Gasteiger charge is 2.25. The molecule has 3 N–H and O–H groups in total. The lowest BCUT2D eigenvalue weighted by Crippen LogP contribution is -2.27. The van der Waals surface area contributed by atoms with E-state index in [1.807, 2.05) is 22.2 Å². The molecule has 3 rings (SSSR count). The molecule has 0 fully saturated rings. The number of rotatable bonds is 4. The number of halogens is 2. The predicted molar refractivity (Wildman–Crippen MR) is 96.1 cm³/mol. The molecule has 8 heteroatoms. The molecule has 0 radical (unpaired) electrons. The van der Waals surface area contributed by atoms with Crippen LogP contribution in [0.25, 0.3) is 5.70 Å². The second-order valence-corrected chi connectivity index (χ2v) is 7.15.